The van der Waals surface area contributed by atoms with E-state index < -0.39 is 0 Å². The molecule has 1 aromatic heterocycles. The Bertz CT molecular complexity index is 648. The fourth-order valence-electron chi connectivity index (χ4n) is 4.96. The summed E-state index contributed by atoms with van der Waals surface area (Å²) in [6.07, 6.45) is 8.41. The molecule has 1 N–H and O–H groups in total. The highest BCUT2D eigenvalue weighted by Gasteiger charge is 2.33. The van der Waals surface area contributed by atoms with Crippen molar-refractivity contribution in [3.63, 3.8) is 0 Å². The predicted octanol–water partition coefficient (Wildman–Crippen LogP) is 2.65. The van der Waals surface area contributed by atoms with Crippen LogP contribution in [-0.2, 0) is 0 Å². The number of nitrogens with one attached hydrogen (secondary N) is 1. The van der Waals surface area contributed by atoms with Crippen LogP contribution in [0.5, 0.6) is 0 Å². The standard InChI is InChI=1S/C21H33N5S/c1-22-21(26-13-9-18(16-26)25-11-3-4-12-25)23-15-17-7-5-10-24(2)20(17)19-8-6-14-27-19/h3-4,6,8,14,17-18,20H,5,7,9-13,15-16H2,1-2H3,(H,22,23). The topological polar surface area (TPSA) is 34.1 Å². The van der Waals surface area contributed by atoms with Gasteiger partial charge in [0.25, 0.3) is 0 Å². The Morgan fingerprint density at radius 2 is 2.11 bits per heavy atom. The van der Waals surface area contributed by atoms with Gasteiger partial charge in [-0.05, 0) is 50.2 Å². The largest absolute Gasteiger partial charge is 0.356 e. The molecule has 6 heteroatoms. The van der Waals surface area contributed by atoms with Crippen LogP contribution in [0.25, 0.3) is 0 Å². The normalized spacial score (nSPS) is 30.4. The maximum Gasteiger partial charge on any atom is 0.193 e. The maximum atomic E-state index is 4.61. The van der Waals surface area contributed by atoms with Crippen molar-refractivity contribution in [3.8, 4) is 0 Å². The number of hydrogen-bond acceptors (Lipinski definition) is 4. The molecule has 148 valence electrons. The van der Waals surface area contributed by atoms with Gasteiger partial charge in [0, 0.05) is 56.7 Å². The van der Waals surface area contributed by atoms with Gasteiger partial charge in [-0.3, -0.25) is 14.8 Å². The van der Waals surface area contributed by atoms with Gasteiger partial charge in [0.1, 0.15) is 0 Å². The third-order valence-electron chi connectivity index (χ3n) is 6.40. The number of likely N-dealkylation sites (tertiary alicyclic amines) is 2. The molecule has 2 saturated heterocycles. The minimum absolute atomic E-state index is 0.534. The number of hydrogen-bond donors (Lipinski definition) is 1. The Morgan fingerprint density at radius 1 is 1.26 bits per heavy atom. The summed E-state index contributed by atoms with van der Waals surface area (Å²) in [5.74, 6) is 1.73. The van der Waals surface area contributed by atoms with Crippen molar-refractivity contribution in [2.24, 2.45) is 10.9 Å². The van der Waals surface area contributed by atoms with Gasteiger partial charge in [0.15, 0.2) is 5.96 Å². The molecule has 4 heterocycles. The summed E-state index contributed by atoms with van der Waals surface area (Å²) in [6, 6.07) is 5.68. The fourth-order valence-corrected chi connectivity index (χ4v) is 5.95. The highest BCUT2D eigenvalue weighted by molar-refractivity contribution is 7.10. The summed E-state index contributed by atoms with van der Waals surface area (Å²) in [5, 5.41) is 5.93. The third kappa shape index (κ3) is 4.23. The van der Waals surface area contributed by atoms with E-state index >= 15 is 0 Å². The number of piperidine rings is 1. The first kappa shape index (κ1) is 19.0. The van der Waals surface area contributed by atoms with Crippen molar-refractivity contribution in [1.82, 2.24) is 20.0 Å². The van der Waals surface area contributed by atoms with Gasteiger partial charge in [-0.2, -0.15) is 0 Å². The lowest BCUT2D eigenvalue weighted by molar-refractivity contribution is 0.124. The van der Waals surface area contributed by atoms with Gasteiger partial charge in [-0.1, -0.05) is 18.2 Å². The van der Waals surface area contributed by atoms with Gasteiger partial charge < -0.3 is 10.2 Å². The van der Waals surface area contributed by atoms with Crippen molar-refractivity contribution in [1.29, 1.82) is 0 Å². The summed E-state index contributed by atoms with van der Waals surface area (Å²) in [5.41, 5.74) is 0. The average molecular weight is 388 g/mol. The molecule has 0 saturated carbocycles. The van der Waals surface area contributed by atoms with Gasteiger partial charge in [0.2, 0.25) is 0 Å². The Balaban J connectivity index is 1.35. The van der Waals surface area contributed by atoms with Crippen LogP contribution in [-0.4, -0.2) is 80.1 Å². The number of rotatable bonds is 4. The van der Waals surface area contributed by atoms with Crippen LogP contribution >= 0.6 is 11.3 Å². The molecule has 0 aromatic carbocycles. The van der Waals surface area contributed by atoms with E-state index in [1.54, 1.807) is 0 Å². The van der Waals surface area contributed by atoms with Crippen LogP contribution in [0.1, 0.15) is 30.2 Å². The fraction of sp³-hybridized carbons (Fsp3) is 0.667. The Hall–Kier alpha value is -1.37. The Morgan fingerprint density at radius 3 is 2.85 bits per heavy atom. The molecule has 27 heavy (non-hydrogen) atoms. The van der Waals surface area contributed by atoms with Crippen LogP contribution in [0.2, 0.25) is 0 Å². The molecule has 0 radical (unpaired) electrons. The lowest BCUT2D eigenvalue weighted by Gasteiger charge is -2.39. The first-order chi connectivity index (χ1) is 13.3. The van der Waals surface area contributed by atoms with E-state index in [2.05, 4.69) is 61.7 Å². The molecule has 5 nitrogen and oxygen atoms in total. The molecule has 0 spiro atoms. The van der Waals surface area contributed by atoms with Gasteiger partial charge in [0.05, 0.1) is 0 Å². The molecule has 0 bridgehead atoms. The highest BCUT2D eigenvalue weighted by Crippen LogP contribution is 2.36. The summed E-state index contributed by atoms with van der Waals surface area (Å²) < 4.78 is 0. The first-order valence-electron chi connectivity index (χ1n) is 10.3. The molecule has 3 unspecified atom stereocenters. The number of thiophene rings is 1. The van der Waals surface area contributed by atoms with Crippen molar-refractivity contribution >= 4 is 17.3 Å². The van der Waals surface area contributed by atoms with Crippen LogP contribution in [0.3, 0.4) is 0 Å². The highest BCUT2D eigenvalue weighted by atomic mass is 32.1. The molecule has 3 aliphatic rings. The first-order valence-corrected chi connectivity index (χ1v) is 11.2. The minimum atomic E-state index is 0.534. The predicted molar refractivity (Wildman–Crippen MR) is 114 cm³/mol. The molecule has 3 aliphatic heterocycles. The second-order valence-corrected chi connectivity index (χ2v) is 9.06. The number of nitrogens with zero attached hydrogens (tertiary/aromatic N) is 4. The monoisotopic (exact) mass is 387 g/mol. The van der Waals surface area contributed by atoms with Crippen molar-refractivity contribution in [2.75, 3.05) is 53.4 Å². The van der Waals surface area contributed by atoms with Crippen LogP contribution in [0.15, 0.2) is 34.7 Å². The lowest BCUT2D eigenvalue weighted by Crippen LogP contribution is -2.46. The third-order valence-corrected chi connectivity index (χ3v) is 7.34. The van der Waals surface area contributed by atoms with E-state index in [1.807, 2.05) is 18.4 Å². The summed E-state index contributed by atoms with van der Waals surface area (Å²) in [7, 11) is 4.21. The van der Waals surface area contributed by atoms with E-state index in [9.17, 15) is 0 Å². The second-order valence-electron chi connectivity index (χ2n) is 8.09. The van der Waals surface area contributed by atoms with Crippen molar-refractivity contribution < 1.29 is 0 Å². The van der Waals surface area contributed by atoms with E-state index in [0.717, 1.165) is 38.7 Å². The zero-order valence-corrected chi connectivity index (χ0v) is 17.5. The minimum Gasteiger partial charge on any atom is -0.356 e. The zero-order valence-electron chi connectivity index (χ0n) is 16.7. The SMILES string of the molecule is CN=C(NCC1CCCN(C)C1c1cccs1)N1CCC(N2CC=CC2)C1. The maximum absolute atomic E-state index is 4.61. The quantitative estimate of drug-likeness (QED) is 0.489. The van der Waals surface area contributed by atoms with Gasteiger partial charge in [-0.25, -0.2) is 0 Å². The van der Waals surface area contributed by atoms with Crippen molar-refractivity contribution in [2.45, 2.75) is 31.3 Å². The molecule has 2 fully saturated rings. The molecular weight excluding hydrogens is 354 g/mol. The van der Waals surface area contributed by atoms with Gasteiger partial charge in [-0.15, -0.1) is 11.3 Å². The van der Waals surface area contributed by atoms with E-state index in [1.165, 1.54) is 30.7 Å². The van der Waals surface area contributed by atoms with Crippen LogP contribution in [0, 0.1) is 5.92 Å². The molecular formula is C21H33N5S. The molecule has 0 aliphatic carbocycles. The molecule has 0 amide bonds. The summed E-state index contributed by atoms with van der Waals surface area (Å²) in [4.78, 5) is 13.7. The molecule has 3 atom stereocenters. The van der Waals surface area contributed by atoms with E-state index in [0.29, 0.717) is 18.0 Å². The zero-order chi connectivity index (χ0) is 18.6. The van der Waals surface area contributed by atoms with Crippen molar-refractivity contribution in [3.05, 3.63) is 34.5 Å². The molecule has 4 rings (SSSR count). The Kier molecular flexibility index (Phi) is 6.15. The second kappa shape index (κ2) is 8.76. The van der Waals surface area contributed by atoms with Crippen LogP contribution in [0.4, 0.5) is 0 Å². The smallest absolute Gasteiger partial charge is 0.193 e. The Labute approximate surface area is 167 Å². The lowest BCUT2D eigenvalue weighted by atomic mass is 9.88. The van der Waals surface area contributed by atoms with E-state index in [-0.39, 0.29) is 0 Å². The van der Waals surface area contributed by atoms with Crippen LogP contribution < -0.4 is 5.32 Å². The van der Waals surface area contributed by atoms with Gasteiger partial charge >= 0.3 is 0 Å². The molecule has 1 aromatic rings. The average Bonchev–Trinajstić information content (AvgIpc) is 3.43. The number of guanidine groups is 1. The number of aliphatic imine (C=N–C) groups is 1. The summed E-state index contributed by atoms with van der Waals surface area (Å²) >= 11 is 1.90. The summed E-state index contributed by atoms with van der Waals surface area (Å²) in [6.45, 7) is 6.64. The van der Waals surface area contributed by atoms with E-state index in [4.69, 9.17) is 0 Å².